The van der Waals surface area contributed by atoms with Crippen molar-refractivity contribution in [2.75, 3.05) is 36.4 Å². The lowest BCUT2D eigenvalue weighted by Crippen LogP contribution is -2.46. The van der Waals surface area contributed by atoms with Gasteiger partial charge in [0.15, 0.2) is 0 Å². The molecule has 10 heteroatoms. The number of nitrogens with one attached hydrogen (secondary N) is 1. The third kappa shape index (κ3) is 5.62. The summed E-state index contributed by atoms with van der Waals surface area (Å²) >= 11 is 18.9. The number of amides is 1. The average molecular weight is 520 g/mol. The summed E-state index contributed by atoms with van der Waals surface area (Å²) in [6, 6.07) is 16.9. The molecule has 0 aliphatic carbocycles. The van der Waals surface area contributed by atoms with Crippen molar-refractivity contribution in [1.82, 2.24) is 4.90 Å². The summed E-state index contributed by atoms with van der Waals surface area (Å²) in [5, 5.41) is 14.9. The van der Waals surface area contributed by atoms with Gasteiger partial charge in [-0.1, -0.05) is 53.0 Å². The van der Waals surface area contributed by atoms with E-state index in [0.29, 0.717) is 10.7 Å². The summed E-state index contributed by atoms with van der Waals surface area (Å²) in [5.74, 6) is -0.475. The highest BCUT2D eigenvalue weighted by Gasteiger charge is 2.21. The van der Waals surface area contributed by atoms with Gasteiger partial charge in [-0.2, -0.15) is 0 Å². The number of nitro benzene ring substituents is 1. The van der Waals surface area contributed by atoms with Gasteiger partial charge in [-0.3, -0.25) is 19.8 Å². The Kier molecular flexibility index (Phi) is 7.58. The predicted molar refractivity (Wildman–Crippen MR) is 136 cm³/mol. The number of carbonyl (C=O) groups excluding carboxylic acids is 1. The monoisotopic (exact) mass is 518 g/mol. The van der Waals surface area contributed by atoms with E-state index >= 15 is 0 Å². The molecule has 1 aliphatic rings. The van der Waals surface area contributed by atoms with Crippen LogP contribution in [0.25, 0.3) is 0 Å². The Labute approximate surface area is 212 Å². The molecule has 34 heavy (non-hydrogen) atoms. The first-order valence-corrected chi connectivity index (χ1v) is 11.7. The zero-order chi connectivity index (χ0) is 24.2. The molecule has 0 saturated carbocycles. The Bertz CT molecular complexity index is 1230. The first-order valence-electron chi connectivity index (χ1n) is 10.6. The highest BCUT2D eigenvalue weighted by Crippen LogP contribution is 2.31. The molecule has 1 amide bonds. The molecule has 0 bridgehead atoms. The second-order valence-electron chi connectivity index (χ2n) is 7.90. The lowest BCUT2D eigenvalue weighted by Gasteiger charge is -2.36. The number of nitrogens with zero attached hydrogens (tertiary/aromatic N) is 3. The molecular weight excluding hydrogens is 499 g/mol. The van der Waals surface area contributed by atoms with E-state index in [2.05, 4.69) is 15.1 Å². The van der Waals surface area contributed by atoms with Crippen LogP contribution in [0.5, 0.6) is 0 Å². The maximum atomic E-state index is 12.6. The van der Waals surface area contributed by atoms with E-state index in [1.165, 1.54) is 12.1 Å². The first-order chi connectivity index (χ1) is 16.3. The number of rotatable bonds is 6. The van der Waals surface area contributed by atoms with E-state index in [1.54, 1.807) is 12.1 Å². The molecule has 1 heterocycles. The SMILES string of the molecule is O=C(Nc1ccc(N2CCN(Cc3ccccc3Cl)CC2)c(Cl)c1)c1ccc([N+](=O)[O-])cc1Cl. The van der Waals surface area contributed by atoms with Crippen molar-refractivity contribution in [1.29, 1.82) is 0 Å². The molecule has 1 saturated heterocycles. The lowest BCUT2D eigenvalue weighted by molar-refractivity contribution is -0.384. The number of carbonyl (C=O) groups is 1. The highest BCUT2D eigenvalue weighted by atomic mass is 35.5. The van der Waals surface area contributed by atoms with E-state index in [4.69, 9.17) is 34.8 Å². The highest BCUT2D eigenvalue weighted by molar-refractivity contribution is 6.35. The quantitative estimate of drug-likeness (QED) is 0.313. The lowest BCUT2D eigenvalue weighted by atomic mass is 10.1. The van der Waals surface area contributed by atoms with Gasteiger partial charge < -0.3 is 10.2 Å². The van der Waals surface area contributed by atoms with Crippen molar-refractivity contribution in [3.63, 3.8) is 0 Å². The molecule has 0 spiro atoms. The van der Waals surface area contributed by atoms with Crippen LogP contribution < -0.4 is 10.2 Å². The van der Waals surface area contributed by atoms with Gasteiger partial charge in [0.05, 0.1) is 26.2 Å². The predicted octanol–water partition coefficient (Wildman–Crippen LogP) is 6.13. The smallest absolute Gasteiger partial charge is 0.270 e. The molecule has 0 atom stereocenters. The summed E-state index contributed by atoms with van der Waals surface area (Å²) in [7, 11) is 0. The molecule has 7 nitrogen and oxygen atoms in total. The summed E-state index contributed by atoms with van der Waals surface area (Å²) in [5.41, 5.74) is 2.47. The molecule has 1 N–H and O–H groups in total. The standard InChI is InChI=1S/C24H21Cl3N4O3/c25-20-4-2-1-3-16(20)15-29-9-11-30(12-10-29)23-8-5-17(13-22(23)27)28-24(32)19-7-6-18(31(33)34)14-21(19)26/h1-8,13-14H,9-12,15H2,(H,28,32). The van der Waals surface area contributed by atoms with Crippen LogP contribution >= 0.6 is 34.8 Å². The fourth-order valence-corrected chi connectivity index (χ4v) is 4.61. The largest absolute Gasteiger partial charge is 0.368 e. The molecule has 0 unspecified atom stereocenters. The van der Waals surface area contributed by atoms with Crippen molar-refractivity contribution in [2.24, 2.45) is 0 Å². The molecule has 0 aromatic heterocycles. The number of non-ortho nitro benzene ring substituents is 1. The van der Waals surface area contributed by atoms with E-state index < -0.39 is 10.8 Å². The van der Waals surface area contributed by atoms with Gasteiger partial charge in [0.1, 0.15) is 0 Å². The summed E-state index contributed by atoms with van der Waals surface area (Å²) in [4.78, 5) is 27.4. The van der Waals surface area contributed by atoms with Gasteiger partial charge in [-0.05, 0) is 35.9 Å². The van der Waals surface area contributed by atoms with Gasteiger partial charge in [0.2, 0.25) is 0 Å². The average Bonchev–Trinajstić information content (AvgIpc) is 2.81. The van der Waals surface area contributed by atoms with Gasteiger partial charge in [-0.15, -0.1) is 0 Å². The van der Waals surface area contributed by atoms with Crippen molar-refractivity contribution >= 4 is 57.8 Å². The number of anilines is 2. The van der Waals surface area contributed by atoms with Gasteiger partial charge in [0, 0.05) is 55.6 Å². The van der Waals surface area contributed by atoms with Crippen LogP contribution in [0.3, 0.4) is 0 Å². The Morgan fingerprint density at radius 1 is 0.912 bits per heavy atom. The number of nitro groups is 1. The maximum absolute atomic E-state index is 12.6. The first kappa shape index (κ1) is 24.3. The topological polar surface area (TPSA) is 78.7 Å². The summed E-state index contributed by atoms with van der Waals surface area (Å²) in [6.45, 7) is 4.18. The van der Waals surface area contributed by atoms with Gasteiger partial charge >= 0.3 is 0 Å². The van der Waals surface area contributed by atoms with Crippen LogP contribution in [0.1, 0.15) is 15.9 Å². The van der Waals surface area contributed by atoms with Crippen molar-refractivity contribution in [3.8, 4) is 0 Å². The Morgan fingerprint density at radius 2 is 1.65 bits per heavy atom. The Hall–Kier alpha value is -2.84. The van der Waals surface area contributed by atoms with Gasteiger partial charge in [0.25, 0.3) is 11.6 Å². The molecule has 1 aliphatic heterocycles. The van der Waals surface area contributed by atoms with E-state index in [9.17, 15) is 14.9 Å². The minimum absolute atomic E-state index is 0.00378. The number of hydrogen-bond acceptors (Lipinski definition) is 5. The minimum atomic E-state index is -0.567. The zero-order valence-corrected chi connectivity index (χ0v) is 20.3. The van der Waals surface area contributed by atoms with Crippen molar-refractivity contribution in [3.05, 3.63) is 97.0 Å². The molecule has 0 radical (unpaired) electrons. The van der Waals surface area contributed by atoms with Crippen LogP contribution in [0.2, 0.25) is 15.1 Å². The molecule has 1 fully saturated rings. The Morgan fingerprint density at radius 3 is 2.29 bits per heavy atom. The molecule has 3 aromatic rings. The number of hydrogen-bond donors (Lipinski definition) is 1. The third-order valence-electron chi connectivity index (χ3n) is 5.68. The number of halogens is 3. The van der Waals surface area contributed by atoms with Crippen LogP contribution in [-0.4, -0.2) is 41.9 Å². The van der Waals surface area contributed by atoms with Crippen molar-refractivity contribution < 1.29 is 9.72 Å². The van der Waals surface area contributed by atoms with Crippen LogP contribution in [-0.2, 0) is 6.54 Å². The van der Waals surface area contributed by atoms with Crippen LogP contribution in [0, 0.1) is 10.1 Å². The summed E-state index contributed by atoms with van der Waals surface area (Å²) < 4.78 is 0. The third-order valence-corrected chi connectivity index (χ3v) is 6.66. The second kappa shape index (κ2) is 10.6. The number of piperazine rings is 1. The maximum Gasteiger partial charge on any atom is 0.270 e. The van der Waals surface area contributed by atoms with E-state index in [1.807, 2.05) is 30.3 Å². The molecule has 4 rings (SSSR count). The van der Waals surface area contributed by atoms with E-state index in [-0.39, 0.29) is 16.3 Å². The Balaban J connectivity index is 1.37. The zero-order valence-electron chi connectivity index (χ0n) is 18.0. The molecular formula is C24H21Cl3N4O3. The summed E-state index contributed by atoms with van der Waals surface area (Å²) in [6.07, 6.45) is 0. The molecule has 176 valence electrons. The van der Waals surface area contributed by atoms with Crippen molar-refractivity contribution in [2.45, 2.75) is 6.54 Å². The fraction of sp³-hybridized carbons (Fsp3) is 0.208. The number of benzene rings is 3. The minimum Gasteiger partial charge on any atom is -0.368 e. The van der Waals surface area contributed by atoms with Crippen LogP contribution in [0.4, 0.5) is 17.1 Å². The molecule has 3 aromatic carbocycles. The van der Waals surface area contributed by atoms with E-state index in [0.717, 1.165) is 55.1 Å². The fourth-order valence-electron chi connectivity index (χ4n) is 3.86. The van der Waals surface area contributed by atoms with Gasteiger partial charge in [-0.25, -0.2) is 0 Å². The second-order valence-corrected chi connectivity index (χ2v) is 9.12. The normalized spacial score (nSPS) is 14.1. The van der Waals surface area contributed by atoms with Crippen LogP contribution in [0.15, 0.2) is 60.7 Å².